The van der Waals surface area contributed by atoms with Crippen molar-refractivity contribution in [2.45, 2.75) is 6.92 Å². The summed E-state index contributed by atoms with van der Waals surface area (Å²) in [6.45, 7) is 1.75. The fourth-order valence-electron chi connectivity index (χ4n) is 1.95. The van der Waals surface area contributed by atoms with Gasteiger partial charge in [0, 0.05) is 5.69 Å². The third kappa shape index (κ3) is 4.63. The van der Waals surface area contributed by atoms with Gasteiger partial charge < -0.3 is 19.9 Å². The topological polar surface area (TPSA) is 84.9 Å². The minimum Gasteiger partial charge on any atom is -0.490 e. The second-order valence-electron chi connectivity index (χ2n) is 4.73. The quantitative estimate of drug-likeness (QED) is 0.799. The number of hydrogen-bond acceptors (Lipinski definition) is 4. The Morgan fingerprint density at radius 3 is 2.50 bits per heavy atom. The van der Waals surface area contributed by atoms with Gasteiger partial charge in [0.1, 0.15) is 0 Å². The van der Waals surface area contributed by atoms with Gasteiger partial charge in [-0.1, -0.05) is 29.8 Å². The molecule has 0 aliphatic carbocycles. The highest BCUT2D eigenvalue weighted by Crippen LogP contribution is 2.36. The molecule has 0 heterocycles. The molecule has 0 aliphatic rings. The van der Waals surface area contributed by atoms with Crippen LogP contribution in [-0.4, -0.2) is 30.2 Å². The molecular formula is C17H16ClNO5. The van der Waals surface area contributed by atoms with Crippen molar-refractivity contribution in [3.8, 4) is 11.5 Å². The highest BCUT2D eigenvalue weighted by Gasteiger charge is 2.17. The van der Waals surface area contributed by atoms with Crippen LogP contribution in [0, 0.1) is 0 Å². The summed E-state index contributed by atoms with van der Waals surface area (Å²) in [5, 5.41) is 11.8. The summed E-state index contributed by atoms with van der Waals surface area (Å²) in [6.07, 6.45) is 0. The summed E-state index contributed by atoms with van der Waals surface area (Å²) >= 11 is 6.06. The molecule has 2 aromatic rings. The first kappa shape index (κ1) is 17.6. The molecule has 2 rings (SSSR count). The molecule has 0 bridgehead atoms. The Morgan fingerprint density at radius 1 is 1.17 bits per heavy atom. The van der Waals surface area contributed by atoms with E-state index in [9.17, 15) is 9.59 Å². The van der Waals surface area contributed by atoms with Gasteiger partial charge >= 0.3 is 5.97 Å². The summed E-state index contributed by atoms with van der Waals surface area (Å²) in [7, 11) is 0. The summed E-state index contributed by atoms with van der Waals surface area (Å²) in [4.78, 5) is 23.0. The number of anilines is 1. The number of para-hydroxylation sites is 1. The number of carboxylic acids is 1. The van der Waals surface area contributed by atoms with Crippen LogP contribution in [-0.2, 0) is 4.79 Å². The van der Waals surface area contributed by atoms with Crippen molar-refractivity contribution in [2.75, 3.05) is 18.5 Å². The SMILES string of the molecule is CCOc1cc(C(=O)O)cc(Cl)c1OCC(=O)Nc1ccccc1. The molecule has 24 heavy (non-hydrogen) atoms. The first-order chi connectivity index (χ1) is 11.5. The minimum absolute atomic E-state index is 0.0236. The van der Waals surface area contributed by atoms with Gasteiger partial charge in [-0.2, -0.15) is 0 Å². The molecule has 6 nitrogen and oxygen atoms in total. The van der Waals surface area contributed by atoms with Gasteiger partial charge in [-0.05, 0) is 31.2 Å². The van der Waals surface area contributed by atoms with E-state index >= 15 is 0 Å². The molecule has 126 valence electrons. The van der Waals surface area contributed by atoms with Crippen molar-refractivity contribution in [2.24, 2.45) is 0 Å². The third-order valence-electron chi connectivity index (χ3n) is 2.96. The van der Waals surface area contributed by atoms with E-state index in [4.69, 9.17) is 26.2 Å². The van der Waals surface area contributed by atoms with Gasteiger partial charge in [0.15, 0.2) is 18.1 Å². The van der Waals surface area contributed by atoms with Crippen LogP contribution in [0.3, 0.4) is 0 Å². The number of benzene rings is 2. The Hall–Kier alpha value is -2.73. The van der Waals surface area contributed by atoms with Crippen LogP contribution >= 0.6 is 11.6 Å². The van der Waals surface area contributed by atoms with E-state index in [0.29, 0.717) is 12.3 Å². The molecule has 0 radical (unpaired) electrons. The van der Waals surface area contributed by atoms with E-state index < -0.39 is 5.97 Å². The first-order valence-corrected chi connectivity index (χ1v) is 7.56. The van der Waals surface area contributed by atoms with Gasteiger partial charge in [0.25, 0.3) is 5.91 Å². The second-order valence-corrected chi connectivity index (χ2v) is 5.13. The van der Waals surface area contributed by atoms with Crippen LogP contribution in [0.1, 0.15) is 17.3 Å². The van der Waals surface area contributed by atoms with Crippen LogP contribution in [0.15, 0.2) is 42.5 Å². The molecule has 2 aromatic carbocycles. The standard InChI is InChI=1S/C17H16ClNO5/c1-2-23-14-9-11(17(21)22)8-13(18)16(14)24-10-15(20)19-12-6-4-3-5-7-12/h3-9H,2,10H2,1H3,(H,19,20)(H,21,22). The lowest BCUT2D eigenvalue weighted by Gasteiger charge is -2.14. The summed E-state index contributed by atoms with van der Waals surface area (Å²) in [5.41, 5.74) is 0.619. The Bertz CT molecular complexity index is 733. The van der Waals surface area contributed by atoms with E-state index in [0.717, 1.165) is 0 Å². The summed E-state index contributed by atoms with van der Waals surface area (Å²) < 4.78 is 10.8. The van der Waals surface area contributed by atoms with E-state index in [2.05, 4.69) is 5.32 Å². The number of hydrogen-bond donors (Lipinski definition) is 2. The number of carbonyl (C=O) groups excluding carboxylic acids is 1. The van der Waals surface area contributed by atoms with E-state index in [1.807, 2.05) is 6.07 Å². The molecular weight excluding hydrogens is 334 g/mol. The molecule has 0 spiro atoms. The Morgan fingerprint density at radius 2 is 1.88 bits per heavy atom. The summed E-state index contributed by atoms with van der Waals surface area (Å²) in [5.74, 6) is -1.20. The van der Waals surface area contributed by atoms with Crippen molar-refractivity contribution in [3.05, 3.63) is 53.1 Å². The third-order valence-corrected chi connectivity index (χ3v) is 3.24. The number of carbonyl (C=O) groups is 2. The zero-order valence-corrected chi connectivity index (χ0v) is 13.7. The minimum atomic E-state index is -1.13. The first-order valence-electron chi connectivity index (χ1n) is 7.18. The number of halogens is 1. The molecule has 0 fully saturated rings. The van der Waals surface area contributed by atoms with Crippen molar-refractivity contribution in [1.29, 1.82) is 0 Å². The highest BCUT2D eigenvalue weighted by atomic mass is 35.5. The average Bonchev–Trinajstić information content (AvgIpc) is 2.55. The maximum Gasteiger partial charge on any atom is 0.335 e. The lowest BCUT2D eigenvalue weighted by atomic mass is 10.2. The lowest BCUT2D eigenvalue weighted by Crippen LogP contribution is -2.20. The number of ether oxygens (including phenoxy) is 2. The Balaban J connectivity index is 2.10. The zero-order chi connectivity index (χ0) is 17.5. The van der Waals surface area contributed by atoms with Crippen LogP contribution < -0.4 is 14.8 Å². The summed E-state index contributed by atoms with van der Waals surface area (Å²) in [6, 6.07) is 11.5. The molecule has 0 unspecified atom stereocenters. The van der Waals surface area contributed by atoms with Crippen LogP contribution in [0.4, 0.5) is 5.69 Å². The van der Waals surface area contributed by atoms with E-state index in [1.54, 1.807) is 31.2 Å². The number of amides is 1. The Labute approximate surface area is 144 Å². The predicted octanol–water partition coefficient (Wildman–Crippen LogP) is 3.45. The van der Waals surface area contributed by atoms with Crippen LogP contribution in [0.25, 0.3) is 0 Å². The fraction of sp³-hybridized carbons (Fsp3) is 0.176. The normalized spacial score (nSPS) is 10.1. The zero-order valence-electron chi connectivity index (χ0n) is 12.9. The molecule has 0 saturated carbocycles. The highest BCUT2D eigenvalue weighted by molar-refractivity contribution is 6.32. The maximum absolute atomic E-state index is 11.9. The molecule has 7 heteroatoms. The number of carboxylic acid groups (broad SMARTS) is 1. The van der Waals surface area contributed by atoms with Gasteiger partial charge in [-0.15, -0.1) is 0 Å². The van der Waals surface area contributed by atoms with Gasteiger partial charge in [-0.3, -0.25) is 4.79 Å². The molecule has 1 amide bonds. The lowest BCUT2D eigenvalue weighted by molar-refractivity contribution is -0.118. The van der Waals surface area contributed by atoms with Crippen molar-refractivity contribution in [3.63, 3.8) is 0 Å². The number of rotatable bonds is 7. The van der Waals surface area contributed by atoms with Gasteiger partial charge in [0.2, 0.25) is 0 Å². The second kappa shape index (κ2) is 8.21. The average molecular weight is 350 g/mol. The van der Waals surface area contributed by atoms with Crippen LogP contribution in [0.2, 0.25) is 5.02 Å². The van der Waals surface area contributed by atoms with Crippen molar-refractivity contribution < 1.29 is 24.2 Å². The molecule has 0 atom stereocenters. The van der Waals surface area contributed by atoms with Crippen molar-refractivity contribution in [1.82, 2.24) is 0 Å². The number of aromatic carboxylic acids is 1. The monoisotopic (exact) mass is 349 g/mol. The largest absolute Gasteiger partial charge is 0.490 e. The van der Waals surface area contributed by atoms with Gasteiger partial charge in [0.05, 0.1) is 17.2 Å². The molecule has 0 saturated heterocycles. The maximum atomic E-state index is 11.9. The van der Waals surface area contributed by atoms with E-state index in [1.165, 1.54) is 12.1 Å². The fourth-order valence-corrected chi connectivity index (χ4v) is 2.22. The smallest absolute Gasteiger partial charge is 0.335 e. The Kier molecular flexibility index (Phi) is 6.03. The number of nitrogens with one attached hydrogen (secondary N) is 1. The molecule has 2 N–H and O–H groups in total. The molecule has 0 aliphatic heterocycles. The van der Waals surface area contributed by atoms with Crippen molar-refractivity contribution >= 4 is 29.2 Å². The van der Waals surface area contributed by atoms with E-state index in [-0.39, 0.29) is 34.6 Å². The van der Waals surface area contributed by atoms with Crippen LogP contribution in [0.5, 0.6) is 11.5 Å². The van der Waals surface area contributed by atoms with Gasteiger partial charge in [-0.25, -0.2) is 4.79 Å². The predicted molar refractivity (Wildman–Crippen MR) is 90.1 cm³/mol. The molecule has 0 aromatic heterocycles.